The second-order valence-corrected chi connectivity index (χ2v) is 8.06. The van der Waals surface area contributed by atoms with E-state index in [2.05, 4.69) is 25.2 Å². The van der Waals surface area contributed by atoms with Crippen LogP contribution in [0.2, 0.25) is 0 Å². The zero-order valence-corrected chi connectivity index (χ0v) is 19.1. The first-order valence-electron chi connectivity index (χ1n) is 11.2. The number of rotatable bonds is 7. The minimum absolute atomic E-state index is 0.113. The van der Waals surface area contributed by atoms with E-state index >= 15 is 0 Å². The van der Waals surface area contributed by atoms with Crippen LogP contribution < -0.4 is 10.1 Å². The lowest BCUT2D eigenvalue weighted by Gasteiger charge is -2.45. The van der Waals surface area contributed by atoms with Crippen LogP contribution in [0.25, 0.3) is 5.57 Å². The first-order chi connectivity index (χ1) is 16.4. The molecule has 10 heteroatoms. The summed E-state index contributed by atoms with van der Waals surface area (Å²) in [5, 5.41) is 3.07. The van der Waals surface area contributed by atoms with Crippen molar-refractivity contribution in [3.8, 4) is 5.88 Å². The van der Waals surface area contributed by atoms with Crippen molar-refractivity contribution in [3.63, 3.8) is 0 Å². The van der Waals surface area contributed by atoms with Crippen LogP contribution in [0.1, 0.15) is 48.3 Å². The van der Waals surface area contributed by atoms with Gasteiger partial charge in [0.05, 0.1) is 19.8 Å². The predicted octanol–water partition coefficient (Wildman–Crippen LogP) is 3.48. The lowest BCUT2D eigenvalue weighted by molar-refractivity contribution is -0.00621. The van der Waals surface area contributed by atoms with Gasteiger partial charge in [0.2, 0.25) is 5.88 Å². The zero-order valence-electron chi connectivity index (χ0n) is 19.1. The number of carbonyl (C=O) groups excluding carboxylic acids is 1. The van der Waals surface area contributed by atoms with Gasteiger partial charge in [-0.3, -0.25) is 19.7 Å². The molecule has 4 heterocycles. The molecule has 2 aliphatic rings. The number of nitrogens with zero attached hydrogens (tertiary/aromatic N) is 4. The molecule has 180 valence electrons. The topological polar surface area (TPSA) is 88.9 Å². The quantitative estimate of drug-likeness (QED) is 0.665. The van der Waals surface area contributed by atoms with E-state index in [-0.39, 0.29) is 5.56 Å². The van der Waals surface area contributed by atoms with Gasteiger partial charge in [-0.05, 0) is 43.2 Å². The summed E-state index contributed by atoms with van der Waals surface area (Å²) in [6, 6.07) is 6.26. The number of morpholine rings is 1. The van der Waals surface area contributed by atoms with Gasteiger partial charge in [0.1, 0.15) is 11.4 Å². The number of nitrogens with one attached hydrogen (secondary N) is 1. The van der Waals surface area contributed by atoms with E-state index in [1.54, 1.807) is 18.5 Å². The van der Waals surface area contributed by atoms with Gasteiger partial charge in [-0.2, -0.15) is 0 Å². The maximum Gasteiger partial charge on any atom is 0.280 e. The lowest BCUT2D eigenvalue weighted by atomic mass is 9.90. The number of ether oxygens (including phenoxy) is 2. The molecule has 2 aromatic rings. The Morgan fingerprint density at radius 3 is 2.74 bits per heavy atom. The van der Waals surface area contributed by atoms with Gasteiger partial charge < -0.3 is 14.8 Å². The Bertz CT molecular complexity index is 1080. The van der Waals surface area contributed by atoms with Crippen molar-refractivity contribution >= 4 is 17.7 Å². The maximum absolute atomic E-state index is 13.2. The number of amides is 1. The first kappa shape index (κ1) is 23.9. The average Bonchev–Trinajstić information content (AvgIpc) is 2.86. The Balaban J connectivity index is 1.65. The van der Waals surface area contributed by atoms with Gasteiger partial charge in [0, 0.05) is 55.4 Å². The summed E-state index contributed by atoms with van der Waals surface area (Å²) in [6.45, 7) is 6.51. The van der Waals surface area contributed by atoms with Gasteiger partial charge in [-0.25, -0.2) is 13.8 Å². The Morgan fingerprint density at radius 1 is 1.26 bits per heavy atom. The fourth-order valence-corrected chi connectivity index (χ4v) is 4.12. The highest BCUT2D eigenvalue weighted by atomic mass is 19.3. The number of carbonyl (C=O) groups is 1. The standard InChI is InChI=1S/C24H27F2N5O3/c1-3-34-21-5-4-18(14-28-21)19-13-24(15-29-16(19)2,31-8-10-33-11-9-31)30-23(32)17-6-7-27-20(12-17)22(25)26/h4-7,12,14-15,22H,3,8-11,13H2,1-2H3,(H,30,32). The second-order valence-electron chi connectivity index (χ2n) is 8.06. The number of halogens is 2. The fourth-order valence-electron chi connectivity index (χ4n) is 4.12. The molecule has 2 aromatic heterocycles. The molecule has 2 aliphatic heterocycles. The summed E-state index contributed by atoms with van der Waals surface area (Å²) in [6.07, 6.45) is 2.34. The summed E-state index contributed by atoms with van der Waals surface area (Å²) >= 11 is 0. The molecule has 34 heavy (non-hydrogen) atoms. The summed E-state index contributed by atoms with van der Waals surface area (Å²) in [4.78, 5) is 28.0. The van der Waals surface area contributed by atoms with Crippen LogP contribution >= 0.6 is 0 Å². The molecule has 0 radical (unpaired) electrons. The Morgan fingerprint density at radius 2 is 2.06 bits per heavy atom. The average molecular weight is 472 g/mol. The first-order valence-corrected chi connectivity index (χ1v) is 11.2. The highest BCUT2D eigenvalue weighted by Crippen LogP contribution is 2.34. The number of allylic oxidation sites excluding steroid dienone is 1. The fraction of sp³-hybridized carbons (Fsp3) is 0.417. The third-order valence-corrected chi connectivity index (χ3v) is 5.90. The van der Waals surface area contributed by atoms with Crippen LogP contribution in [-0.2, 0) is 4.74 Å². The van der Waals surface area contributed by atoms with E-state index in [1.807, 2.05) is 19.9 Å². The van der Waals surface area contributed by atoms with Crippen molar-refractivity contribution in [1.82, 2.24) is 20.2 Å². The SMILES string of the molecule is CCOc1ccc(C2=C(C)N=CC(NC(=O)c3ccnc(C(F)F)c3)(N3CCOCC3)C2)cn1. The van der Waals surface area contributed by atoms with Crippen molar-refractivity contribution in [2.75, 3.05) is 32.9 Å². The van der Waals surface area contributed by atoms with Crippen molar-refractivity contribution in [2.24, 2.45) is 4.99 Å². The Labute approximate surface area is 196 Å². The Kier molecular flexibility index (Phi) is 7.28. The summed E-state index contributed by atoms with van der Waals surface area (Å²) in [5.74, 6) is 0.0510. The van der Waals surface area contributed by atoms with Crippen LogP contribution in [0.3, 0.4) is 0 Å². The zero-order chi connectivity index (χ0) is 24.1. The summed E-state index contributed by atoms with van der Waals surface area (Å²) in [7, 11) is 0. The molecule has 1 amide bonds. The number of pyridine rings is 2. The molecule has 1 unspecified atom stereocenters. The predicted molar refractivity (Wildman–Crippen MR) is 123 cm³/mol. The summed E-state index contributed by atoms with van der Waals surface area (Å²) < 4.78 is 37.2. The summed E-state index contributed by atoms with van der Waals surface area (Å²) in [5.41, 5.74) is 1.32. The minimum Gasteiger partial charge on any atom is -0.478 e. The van der Waals surface area contributed by atoms with Crippen LogP contribution in [0.15, 0.2) is 47.3 Å². The molecule has 0 saturated carbocycles. The molecule has 1 saturated heterocycles. The smallest absolute Gasteiger partial charge is 0.280 e. The lowest BCUT2D eigenvalue weighted by Crippen LogP contribution is -2.65. The monoisotopic (exact) mass is 471 g/mol. The van der Waals surface area contributed by atoms with Crippen molar-refractivity contribution in [3.05, 3.63) is 59.2 Å². The molecule has 8 nitrogen and oxygen atoms in total. The van der Waals surface area contributed by atoms with Crippen LogP contribution in [0, 0.1) is 0 Å². The number of hydrogen-bond donors (Lipinski definition) is 1. The van der Waals surface area contributed by atoms with Gasteiger partial charge in [0.25, 0.3) is 12.3 Å². The molecule has 1 fully saturated rings. The van der Waals surface area contributed by atoms with Gasteiger partial charge in [-0.1, -0.05) is 0 Å². The third-order valence-electron chi connectivity index (χ3n) is 5.90. The van der Waals surface area contributed by atoms with Gasteiger partial charge in [0.15, 0.2) is 0 Å². The molecule has 0 aromatic carbocycles. The van der Waals surface area contributed by atoms with E-state index in [1.165, 1.54) is 12.3 Å². The van der Waals surface area contributed by atoms with Crippen LogP contribution in [-0.4, -0.2) is 65.6 Å². The molecule has 1 atom stereocenters. The van der Waals surface area contributed by atoms with Crippen molar-refractivity contribution in [1.29, 1.82) is 0 Å². The molecule has 0 spiro atoms. The molecule has 0 aliphatic carbocycles. The molecular formula is C24H27F2N5O3. The van der Waals surface area contributed by atoms with Crippen LogP contribution in [0.4, 0.5) is 8.78 Å². The van der Waals surface area contributed by atoms with Crippen molar-refractivity contribution in [2.45, 2.75) is 32.4 Å². The maximum atomic E-state index is 13.2. The van der Waals surface area contributed by atoms with Gasteiger partial charge in [-0.15, -0.1) is 0 Å². The molecule has 4 rings (SSSR count). The Hall–Kier alpha value is -3.24. The number of aromatic nitrogens is 2. The van der Waals surface area contributed by atoms with E-state index in [0.29, 0.717) is 45.2 Å². The normalized spacial score (nSPS) is 21.1. The number of aliphatic imine (C=N–C) groups is 1. The van der Waals surface area contributed by atoms with E-state index < -0.39 is 23.7 Å². The van der Waals surface area contributed by atoms with Crippen LogP contribution in [0.5, 0.6) is 5.88 Å². The second kappa shape index (κ2) is 10.4. The third kappa shape index (κ3) is 5.13. The molecule has 1 N–H and O–H groups in total. The van der Waals surface area contributed by atoms with E-state index in [9.17, 15) is 13.6 Å². The van der Waals surface area contributed by atoms with Crippen molar-refractivity contribution < 1.29 is 23.0 Å². The van der Waals surface area contributed by atoms with E-state index in [4.69, 9.17) is 9.47 Å². The molecular weight excluding hydrogens is 444 g/mol. The highest BCUT2D eigenvalue weighted by molar-refractivity contribution is 5.98. The minimum atomic E-state index is -2.76. The number of hydrogen-bond acceptors (Lipinski definition) is 7. The van der Waals surface area contributed by atoms with E-state index in [0.717, 1.165) is 22.9 Å². The number of alkyl halides is 2. The van der Waals surface area contributed by atoms with Gasteiger partial charge >= 0.3 is 0 Å². The highest BCUT2D eigenvalue weighted by Gasteiger charge is 2.41. The molecule has 0 bridgehead atoms. The largest absolute Gasteiger partial charge is 0.478 e.